The first-order chi connectivity index (χ1) is 10.0. The summed E-state index contributed by atoms with van der Waals surface area (Å²) in [4.78, 5) is 12.3. The minimum Gasteiger partial charge on any atom is -0.320 e. The summed E-state index contributed by atoms with van der Waals surface area (Å²) in [5.74, 6) is 0.556. The second kappa shape index (κ2) is 6.54. The van der Waals surface area contributed by atoms with Crippen molar-refractivity contribution in [1.29, 1.82) is 0 Å². The number of nitrogens with zero attached hydrogens (tertiary/aromatic N) is 2. The number of carbonyl (C=O) groups is 1. The highest BCUT2D eigenvalue weighted by Crippen LogP contribution is 2.19. The quantitative estimate of drug-likeness (QED) is 0.880. The van der Waals surface area contributed by atoms with E-state index in [2.05, 4.69) is 10.4 Å². The zero-order chi connectivity index (χ0) is 15.4. The minimum atomic E-state index is -0.577. The number of benzene rings is 1. The number of aryl methyl sites for hydroxylation is 2. The molecule has 0 unspecified atom stereocenters. The average molecular weight is 286 g/mol. The maximum absolute atomic E-state index is 12.3. The van der Waals surface area contributed by atoms with E-state index < -0.39 is 6.04 Å². The summed E-state index contributed by atoms with van der Waals surface area (Å²) in [6.07, 6.45) is 1.34. The standard InChI is InChI=1S/C16H22N4O/c1-4-13-11(2)19-20(3)15(13)18-16(21)14(17)10-12-8-6-5-7-9-12/h5-9,14H,4,10,17H2,1-3H3,(H,18,21)/t14-/m1/s1. The molecule has 1 heterocycles. The summed E-state index contributed by atoms with van der Waals surface area (Å²) in [6.45, 7) is 3.99. The Labute approximate surface area is 125 Å². The van der Waals surface area contributed by atoms with Crippen molar-refractivity contribution in [3.63, 3.8) is 0 Å². The molecular weight excluding hydrogens is 264 g/mol. The highest BCUT2D eigenvalue weighted by Gasteiger charge is 2.19. The molecule has 5 nitrogen and oxygen atoms in total. The van der Waals surface area contributed by atoms with Crippen LogP contribution in [0, 0.1) is 6.92 Å². The van der Waals surface area contributed by atoms with Gasteiger partial charge in [0, 0.05) is 12.6 Å². The largest absolute Gasteiger partial charge is 0.320 e. The van der Waals surface area contributed by atoms with Crippen LogP contribution in [-0.4, -0.2) is 21.7 Å². The Hall–Kier alpha value is -2.14. The molecule has 3 N–H and O–H groups in total. The zero-order valence-corrected chi connectivity index (χ0v) is 12.8. The molecule has 1 aromatic carbocycles. The van der Waals surface area contributed by atoms with E-state index in [0.717, 1.165) is 29.1 Å². The SMILES string of the molecule is CCc1c(C)nn(C)c1NC(=O)[C@H](N)Cc1ccccc1. The number of amides is 1. The van der Waals surface area contributed by atoms with Crippen molar-refractivity contribution in [2.75, 3.05) is 5.32 Å². The maximum Gasteiger partial charge on any atom is 0.242 e. The van der Waals surface area contributed by atoms with Crippen LogP contribution in [0.4, 0.5) is 5.82 Å². The predicted molar refractivity (Wildman–Crippen MR) is 84.1 cm³/mol. The Bertz CT molecular complexity index is 619. The number of anilines is 1. The lowest BCUT2D eigenvalue weighted by atomic mass is 10.1. The Morgan fingerprint density at radius 2 is 2.05 bits per heavy atom. The average Bonchev–Trinajstić information content (AvgIpc) is 2.73. The molecule has 0 radical (unpaired) electrons. The van der Waals surface area contributed by atoms with Gasteiger partial charge in [0.1, 0.15) is 5.82 Å². The van der Waals surface area contributed by atoms with E-state index in [4.69, 9.17) is 5.73 Å². The first-order valence-corrected chi connectivity index (χ1v) is 7.15. The van der Waals surface area contributed by atoms with Crippen molar-refractivity contribution in [3.05, 3.63) is 47.2 Å². The van der Waals surface area contributed by atoms with Gasteiger partial charge in [-0.05, 0) is 25.3 Å². The van der Waals surface area contributed by atoms with Crippen molar-refractivity contribution in [2.45, 2.75) is 32.7 Å². The number of hydrogen-bond donors (Lipinski definition) is 2. The van der Waals surface area contributed by atoms with Crippen LogP contribution in [0.2, 0.25) is 0 Å². The van der Waals surface area contributed by atoms with Crippen LogP contribution >= 0.6 is 0 Å². The molecular formula is C16H22N4O. The van der Waals surface area contributed by atoms with Crippen LogP contribution in [0.25, 0.3) is 0 Å². The van der Waals surface area contributed by atoms with Gasteiger partial charge in [-0.1, -0.05) is 37.3 Å². The summed E-state index contributed by atoms with van der Waals surface area (Å²) >= 11 is 0. The summed E-state index contributed by atoms with van der Waals surface area (Å²) in [6, 6.07) is 9.20. The lowest BCUT2D eigenvalue weighted by molar-refractivity contribution is -0.117. The van der Waals surface area contributed by atoms with Crippen LogP contribution in [0.15, 0.2) is 30.3 Å². The minimum absolute atomic E-state index is 0.184. The smallest absolute Gasteiger partial charge is 0.242 e. The third-order valence-electron chi connectivity index (χ3n) is 3.58. The van der Waals surface area contributed by atoms with Crippen LogP contribution in [0.1, 0.15) is 23.7 Å². The molecule has 1 atom stereocenters. The fourth-order valence-corrected chi connectivity index (χ4v) is 2.45. The molecule has 2 aromatic rings. The van der Waals surface area contributed by atoms with E-state index in [1.807, 2.05) is 51.2 Å². The van der Waals surface area contributed by atoms with E-state index in [1.165, 1.54) is 0 Å². The molecule has 0 aliphatic rings. The van der Waals surface area contributed by atoms with Gasteiger partial charge < -0.3 is 11.1 Å². The van der Waals surface area contributed by atoms with Crippen molar-refractivity contribution in [1.82, 2.24) is 9.78 Å². The van der Waals surface area contributed by atoms with Gasteiger partial charge in [-0.15, -0.1) is 0 Å². The van der Waals surface area contributed by atoms with Crippen LogP contribution in [-0.2, 0) is 24.7 Å². The summed E-state index contributed by atoms with van der Waals surface area (Å²) in [5.41, 5.74) is 9.05. The van der Waals surface area contributed by atoms with E-state index in [0.29, 0.717) is 6.42 Å². The lowest BCUT2D eigenvalue weighted by Crippen LogP contribution is -2.38. The van der Waals surface area contributed by atoms with Gasteiger partial charge in [-0.2, -0.15) is 5.10 Å². The highest BCUT2D eigenvalue weighted by molar-refractivity contribution is 5.94. The monoisotopic (exact) mass is 286 g/mol. The lowest BCUT2D eigenvalue weighted by Gasteiger charge is -2.13. The van der Waals surface area contributed by atoms with Crippen LogP contribution < -0.4 is 11.1 Å². The predicted octanol–water partition coefficient (Wildman–Crippen LogP) is 1.80. The van der Waals surface area contributed by atoms with E-state index >= 15 is 0 Å². The number of rotatable bonds is 5. The van der Waals surface area contributed by atoms with Gasteiger partial charge in [0.05, 0.1) is 11.7 Å². The maximum atomic E-state index is 12.3. The fraction of sp³-hybridized carbons (Fsp3) is 0.375. The number of hydrogen-bond acceptors (Lipinski definition) is 3. The molecule has 0 aliphatic carbocycles. The van der Waals surface area contributed by atoms with Gasteiger partial charge in [0.25, 0.3) is 0 Å². The van der Waals surface area contributed by atoms with Gasteiger partial charge in [-0.25, -0.2) is 0 Å². The molecule has 5 heteroatoms. The normalized spacial score (nSPS) is 12.2. The Balaban J connectivity index is 2.08. The highest BCUT2D eigenvalue weighted by atomic mass is 16.2. The second-order valence-electron chi connectivity index (χ2n) is 5.18. The molecule has 112 valence electrons. The molecule has 0 saturated heterocycles. The molecule has 1 aromatic heterocycles. The molecule has 1 amide bonds. The van der Waals surface area contributed by atoms with Crippen molar-refractivity contribution in [2.24, 2.45) is 12.8 Å². The van der Waals surface area contributed by atoms with Crippen molar-refractivity contribution < 1.29 is 4.79 Å². The summed E-state index contributed by atoms with van der Waals surface area (Å²) in [7, 11) is 1.82. The van der Waals surface area contributed by atoms with Gasteiger partial charge in [0.2, 0.25) is 5.91 Å². The molecule has 0 aliphatic heterocycles. The molecule has 21 heavy (non-hydrogen) atoms. The summed E-state index contributed by atoms with van der Waals surface area (Å²) in [5, 5.41) is 7.25. The Morgan fingerprint density at radius 3 is 2.67 bits per heavy atom. The van der Waals surface area contributed by atoms with E-state index in [1.54, 1.807) is 4.68 Å². The van der Waals surface area contributed by atoms with Gasteiger partial charge in [0.15, 0.2) is 0 Å². The second-order valence-corrected chi connectivity index (χ2v) is 5.18. The zero-order valence-electron chi connectivity index (χ0n) is 12.8. The summed E-state index contributed by atoms with van der Waals surface area (Å²) < 4.78 is 1.70. The molecule has 0 bridgehead atoms. The molecule has 0 spiro atoms. The molecule has 2 rings (SSSR count). The Kier molecular flexibility index (Phi) is 4.75. The number of nitrogens with two attached hydrogens (primary N) is 1. The Morgan fingerprint density at radius 1 is 1.38 bits per heavy atom. The topological polar surface area (TPSA) is 72.9 Å². The third kappa shape index (κ3) is 3.49. The first-order valence-electron chi connectivity index (χ1n) is 7.15. The number of aromatic nitrogens is 2. The van der Waals surface area contributed by atoms with E-state index in [-0.39, 0.29) is 5.91 Å². The van der Waals surface area contributed by atoms with Crippen LogP contribution in [0.5, 0.6) is 0 Å². The van der Waals surface area contributed by atoms with Crippen molar-refractivity contribution in [3.8, 4) is 0 Å². The number of nitrogens with one attached hydrogen (secondary N) is 1. The van der Waals surface area contributed by atoms with Gasteiger partial charge in [-0.3, -0.25) is 9.48 Å². The third-order valence-corrected chi connectivity index (χ3v) is 3.58. The first kappa shape index (κ1) is 15.3. The molecule has 0 fully saturated rings. The van der Waals surface area contributed by atoms with E-state index in [9.17, 15) is 4.79 Å². The fourth-order valence-electron chi connectivity index (χ4n) is 2.45. The molecule has 0 saturated carbocycles. The van der Waals surface area contributed by atoms with Crippen molar-refractivity contribution >= 4 is 11.7 Å². The number of carbonyl (C=O) groups excluding carboxylic acids is 1. The van der Waals surface area contributed by atoms with Crippen LogP contribution in [0.3, 0.4) is 0 Å². The van der Waals surface area contributed by atoms with Gasteiger partial charge >= 0.3 is 0 Å².